The highest BCUT2D eigenvalue weighted by atomic mass is 19.1. The van der Waals surface area contributed by atoms with Gasteiger partial charge in [0.15, 0.2) is 0 Å². The number of hydrogen-bond acceptors (Lipinski definition) is 5. The van der Waals surface area contributed by atoms with E-state index in [9.17, 15) is 9.18 Å². The van der Waals surface area contributed by atoms with E-state index in [0.29, 0.717) is 24.1 Å². The third kappa shape index (κ3) is 4.42. The van der Waals surface area contributed by atoms with Crippen molar-refractivity contribution in [3.05, 3.63) is 66.3 Å². The van der Waals surface area contributed by atoms with Crippen molar-refractivity contribution in [3.63, 3.8) is 0 Å². The van der Waals surface area contributed by atoms with E-state index in [-0.39, 0.29) is 11.7 Å². The van der Waals surface area contributed by atoms with Crippen LogP contribution in [0.25, 0.3) is 5.82 Å². The molecule has 1 aliphatic rings. The zero-order chi connectivity index (χ0) is 20.2. The zero-order valence-corrected chi connectivity index (χ0v) is 16.3. The van der Waals surface area contributed by atoms with Gasteiger partial charge in [-0.2, -0.15) is 0 Å². The summed E-state index contributed by atoms with van der Waals surface area (Å²) in [4.78, 5) is 27.6. The van der Waals surface area contributed by atoms with E-state index in [4.69, 9.17) is 0 Å². The maximum absolute atomic E-state index is 13.0. The number of aromatic nitrogens is 4. The second kappa shape index (κ2) is 8.38. The average molecular weight is 394 g/mol. The molecular formula is C21H23FN6O. The molecule has 150 valence electrons. The lowest BCUT2D eigenvalue weighted by Crippen LogP contribution is -2.38. The highest BCUT2D eigenvalue weighted by Crippen LogP contribution is 2.23. The van der Waals surface area contributed by atoms with Crippen LogP contribution in [0.5, 0.6) is 0 Å². The number of carbonyl (C=O) groups excluding carboxylic acids is 1. The number of nitrogens with one attached hydrogen (secondary N) is 1. The van der Waals surface area contributed by atoms with Gasteiger partial charge >= 0.3 is 0 Å². The van der Waals surface area contributed by atoms with Crippen LogP contribution in [0.2, 0.25) is 0 Å². The molecular weight excluding hydrogens is 371 g/mol. The van der Waals surface area contributed by atoms with Gasteiger partial charge in [0.25, 0.3) is 5.91 Å². The van der Waals surface area contributed by atoms with Gasteiger partial charge in [-0.1, -0.05) is 12.1 Å². The molecule has 3 aromatic rings. The largest absolute Gasteiger partial charge is 0.354 e. The highest BCUT2D eigenvalue weighted by Gasteiger charge is 2.20. The first-order chi connectivity index (χ1) is 14.1. The van der Waals surface area contributed by atoms with Crippen LogP contribution in [-0.4, -0.2) is 38.0 Å². The van der Waals surface area contributed by atoms with Crippen LogP contribution < -0.4 is 10.2 Å². The zero-order valence-electron chi connectivity index (χ0n) is 16.3. The quantitative estimate of drug-likeness (QED) is 0.720. The van der Waals surface area contributed by atoms with E-state index >= 15 is 0 Å². The Morgan fingerprint density at radius 1 is 1.17 bits per heavy atom. The molecule has 0 saturated carbocycles. The van der Waals surface area contributed by atoms with Crippen LogP contribution in [0.4, 0.5) is 10.2 Å². The summed E-state index contributed by atoms with van der Waals surface area (Å²) in [7, 11) is 0. The maximum Gasteiger partial charge on any atom is 0.271 e. The standard InChI is InChI=1S/C21H23FN6O/c1-15-4-2-3-9-28(15)20-10-19(24-13-25-20)27-12-18(26-14-27)21(29)23-11-16-5-7-17(22)8-6-16/h5-8,10,12-15H,2-4,9,11H2,1H3,(H,23,29). The molecule has 0 spiro atoms. The Labute approximate surface area is 168 Å². The van der Waals surface area contributed by atoms with Gasteiger partial charge in [-0.25, -0.2) is 19.3 Å². The van der Waals surface area contributed by atoms with Gasteiger partial charge in [0, 0.05) is 31.4 Å². The van der Waals surface area contributed by atoms with Crippen molar-refractivity contribution < 1.29 is 9.18 Å². The molecule has 4 rings (SSSR count). The van der Waals surface area contributed by atoms with Crippen LogP contribution in [0.15, 0.2) is 49.2 Å². The third-order valence-corrected chi connectivity index (χ3v) is 5.18. The van der Waals surface area contributed by atoms with Crippen LogP contribution in [-0.2, 0) is 6.54 Å². The molecule has 1 saturated heterocycles. The van der Waals surface area contributed by atoms with E-state index in [1.165, 1.54) is 18.6 Å². The van der Waals surface area contributed by atoms with Gasteiger partial charge in [0.1, 0.15) is 35.8 Å². The Kier molecular flexibility index (Phi) is 5.50. The number of hydrogen-bond donors (Lipinski definition) is 1. The summed E-state index contributed by atoms with van der Waals surface area (Å²) in [6.45, 7) is 3.50. The molecule has 8 heteroatoms. The fourth-order valence-electron chi connectivity index (χ4n) is 3.51. The number of rotatable bonds is 5. The molecule has 29 heavy (non-hydrogen) atoms. The van der Waals surface area contributed by atoms with Gasteiger partial charge in [0.2, 0.25) is 0 Å². The normalized spacial score (nSPS) is 16.6. The number of halogens is 1. The topological polar surface area (TPSA) is 75.9 Å². The first-order valence-electron chi connectivity index (χ1n) is 9.76. The molecule has 0 bridgehead atoms. The summed E-state index contributed by atoms with van der Waals surface area (Å²) < 4.78 is 14.7. The van der Waals surface area contributed by atoms with E-state index in [2.05, 4.69) is 32.1 Å². The Bertz CT molecular complexity index is 987. The van der Waals surface area contributed by atoms with Gasteiger partial charge < -0.3 is 10.2 Å². The lowest BCUT2D eigenvalue weighted by atomic mass is 10.0. The molecule has 1 atom stereocenters. The van der Waals surface area contributed by atoms with Crippen LogP contribution in [0, 0.1) is 5.82 Å². The molecule has 1 aromatic carbocycles. The summed E-state index contributed by atoms with van der Waals surface area (Å²) in [5, 5.41) is 2.79. The van der Waals surface area contributed by atoms with Crippen LogP contribution >= 0.6 is 0 Å². The fraction of sp³-hybridized carbons (Fsp3) is 0.333. The fourth-order valence-corrected chi connectivity index (χ4v) is 3.51. The van der Waals surface area contributed by atoms with Crippen molar-refractivity contribution in [1.29, 1.82) is 0 Å². The molecule has 1 N–H and O–H groups in total. The minimum atomic E-state index is -0.304. The monoisotopic (exact) mass is 394 g/mol. The Morgan fingerprint density at radius 3 is 2.76 bits per heavy atom. The molecule has 2 aromatic heterocycles. The lowest BCUT2D eigenvalue weighted by molar-refractivity contribution is 0.0946. The molecule has 1 fully saturated rings. The van der Waals surface area contributed by atoms with Crippen molar-refractivity contribution in [3.8, 4) is 5.82 Å². The molecule has 3 heterocycles. The molecule has 1 amide bonds. The number of benzene rings is 1. The molecule has 1 aliphatic heterocycles. The lowest BCUT2D eigenvalue weighted by Gasteiger charge is -2.34. The van der Waals surface area contributed by atoms with Crippen molar-refractivity contribution in [2.75, 3.05) is 11.4 Å². The SMILES string of the molecule is CC1CCCCN1c1cc(-n2cnc(C(=O)NCc3ccc(F)cc3)c2)ncn1. The second-order valence-electron chi connectivity index (χ2n) is 7.25. The first kappa shape index (κ1) is 19.0. The summed E-state index contributed by atoms with van der Waals surface area (Å²) in [6.07, 6.45) is 8.31. The van der Waals surface area contributed by atoms with Crippen molar-refractivity contribution in [2.24, 2.45) is 0 Å². The Balaban J connectivity index is 1.45. The number of imidazole rings is 1. The molecule has 0 aliphatic carbocycles. The summed E-state index contributed by atoms with van der Waals surface area (Å²) in [5.74, 6) is 0.949. The van der Waals surface area contributed by atoms with Crippen LogP contribution in [0.3, 0.4) is 0 Å². The third-order valence-electron chi connectivity index (χ3n) is 5.18. The second-order valence-corrected chi connectivity index (χ2v) is 7.25. The maximum atomic E-state index is 13.0. The smallest absolute Gasteiger partial charge is 0.271 e. The van der Waals surface area contributed by atoms with Gasteiger partial charge in [-0.15, -0.1) is 0 Å². The van der Waals surface area contributed by atoms with Gasteiger partial charge in [-0.05, 0) is 43.9 Å². The van der Waals surface area contributed by atoms with Crippen molar-refractivity contribution >= 4 is 11.7 Å². The predicted octanol–water partition coefficient (Wildman–Crippen LogP) is 3.11. The Morgan fingerprint density at radius 2 is 1.97 bits per heavy atom. The van der Waals surface area contributed by atoms with E-state index < -0.39 is 0 Å². The van der Waals surface area contributed by atoms with E-state index in [1.54, 1.807) is 35.6 Å². The van der Waals surface area contributed by atoms with Gasteiger partial charge in [0.05, 0.1) is 0 Å². The van der Waals surface area contributed by atoms with E-state index in [1.807, 2.05) is 6.07 Å². The number of piperidine rings is 1. The summed E-state index contributed by atoms with van der Waals surface area (Å²) in [6, 6.07) is 8.38. The van der Waals surface area contributed by atoms with E-state index in [0.717, 1.165) is 30.8 Å². The minimum Gasteiger partial charge on any atom is -0.354 e. The minimum absolute atomic E-state index is 0.290. The molecule has 1 unspecified atom stereocenters. The number of carbonyl (C=O) groups is 1. The average Bonchev–Trinajstić information content (AvgIpc) is 3.24. The number of anilines is 1. The number of amides is 1. The van der Waals surface area contributed by atoms with Gasteiger partial charge in [-0.3, -0.25) is 9.36 Å². The molecule has 7 nitrogen and oxygen atoms in total. The summed E-state index contributed by atoms with van der Waals surface area (Å²) >= 11 is 0. The Hall–Kier alpha value is -3.29. The predicted molar refractivity (Wildman–Crippen MR) is 107 cm³/mol. The summed E-state index contributed by atoms with van der Waals surface area (Å²) in [5.41, 5.74) is 1.11. The van der Waals surface area contributed by atoms with Crippen molar-refractivity contribution in [2.45, 2.75) is 38.8 Å². The van der Waals surface area contributed by atoms with Crippen LogP contribution in [0.1, 0.15) is 42.2 Å². The van der Waals surface area contributed by atoms with Crippen molar-refractivity contribution in [1.82, 2.24) is 24.8 Å². The highest BCUT2D eigenvalue weighted by molar-refractivity contribution is 5.92. The first-order valence-corrected chi connectivity index (χ1v) is 9.76. The molecule has 0 radical (unpaired) electrons. The number of nitrogens with zero attached hydrogens (tertiary/aromatic N) is 5.